The van der Waals surface area contributed by atoms with Crippen LogP contribution in [0.3, 0.4) is 0 Å². The van der Waals surface area contributed by atoms with Gasteiger partial charge in [0.1, 0.15) is 21.7 Å². The van der Waals surface area contributed by atoms with Crippen molar-refractivity contribution in [3.63, 3.8) is 0 Å². The fourth-order valence-corrected chi connectivity index (χ4v) is 7.55. The number of fused-ring (bicyclic) bond motifs is 2. The number of hydrogen-bond acceptors (Lipinski definition) is 12. The molecule has 2 saturated heterocycles. The molecule has 0 amide bonds. The molecule has 146 valence electrons. The summed E-state index contributed by atoms with van der Waals surface area (Å²) in [7, 11) is 0. The van der Waals surface area contributed by atoms with E-state index >= 15 is 0 Å². The second kappa shape index (κ2) is 11.3. The minimum Gasteiger partial charge on any atom is -0.774 e. The van der Waals surface area contributed by atoms with Crippen molar-refractivity contribution in [1.82, 2.24) is 0 Å². The van der Waals surface area contributed by atoms with Crippen LogP contribution in [0.25, 0.3) is 0 Å². The van der Waals surface area contributed by atoms with Crippen molar-refractivity contribution >= 4 is 97.6 Å². The Morgan fingerprint density at radius 2 is 0.720 bits per heavy atom. The minimum atomic E-state index is 0. The zero-order valence-electron chi connectivity index (χ0n) is 12.4. The Bertz CT molecular complexity index is 443. The van der Waals surface area contributed by atoms with Gasteiger partial charge in [0.25, 0.3) is 0 Å². The van der Waals surface area contributed by atoms with Crippen LogP contribution in [0.4, 0.5) is 0 Å². The van der Waals surface area contributed by atoms with E-state index in [1.54, 1.807) is 0 Å². The Hall–Kier alpha value is 2.09. The maximum atomic E-state index is 5.47. The second-order valence-electron chi connectivity index (χ2n) is 4.58. The van der Waals surface area contributed by atoms with E-state index in [2.05, 4.69) is 0 Å². The van der Waals surface area contributed by atoms with Gasteiger partial charge in [-0.15, -0.1) is 47.0 Å². The smallest absolute Gasteiger partial charge is 0.141 e. The number of hydrogen-bond donors (Lipinski definition) is 0. The van der Waals surface area contributed by atoms with Gasteiger partial charge in [0.15, 0.2) is 0 Å². The molecule has 4 nitrogen and oxygen atoms in total. The Morgan fingerprint density at radius 3 is 0.920 bits per heavy atom. The summed E-state index contributed by atoms with van der Waals surface area (Å²) in [5, 5.41) is 0. The third-order valence-electron chi connectivity index (χ3n) is 2.97. The van der Waals surface area contributed by atoms with E-state index in [1.807, 2.05) is 0 Å². The third kappa shape index (κ3) is 6.55. The molecule has 13 heteroatoms. The molecule has 25 heavy (non-hydrogen) atoms. The van der Waals surface area contributed by atoms with Gasteiger partial charge >= 0.3 is 0 Å². The van der Waals surface area contributed by atoms with Crippen LogP contribution in [-0.4, -0.2) is 48.2 Å². The van der Waals surface area contributed by atoms with Gasteiger partial charge in [0, 0.05) is 16.5 Å². The van der Waals surface area contributed by atoms with Crippen LogP contribution in [0.15, 0.2) is 16.9 Å². The van der Waals surface area contributed by atoms with Crippen molar-refractivity contribution < 1.29 is 35.4 Å². The van der Waals surface area contributed by atoms with E-state index in [9.17, 15) is 0 Å². The van der Waals surface area contributed by atoms with Crippen LogP contribution in [0.1, 0.15) is 0 Å². The molecule has 4 heterocycles. The van der Waals surface area contributed by atoms with E-state index in [-0.39, 0.29) is 38.2 Å². The molecule has 0 radical (unpaired) electrons. The quantitative estimate of drug-likeness (QED) is 0.338. The summed E-state index contributed by atoms with van der Waals surface area (Å²) in [6, 6.07) is 0. The van der Waals surface area contributed by atoms with Crippen molar-refractivity contribution in [2.45, 2.75) is 21.7 Å². The minimum absolute atomic E-state index is 0. The predicted octanol–water partition coefficient (Wildman–Crippen LogP) is 2.77. The molecule has 0 saturated carbocycles. The molecule has 0 aromatic heterocycles. The Kier molecular flexibility index (Phi) is 10.6. The molecular weight excluding hydrogens is 523 g/mol. The fourth-order valence-electron chi connectivity index (χ4n) is 1.94. The van der Waals surface area contributed by atoms with Gasteiger partial charge in [-0.3, -0.25) is 0 Å². The average Bonchev–Trinajstić information content (AvgIpc) is 2.57. The summed E-state index contributed by atoms with van der Waals surface area (Å²) < 4.78 is 24.9. The maximum Gasteiger partial charge on any atom is 0.141 e. The molecule has 4 unspecified atom stereocenters. The van der Waals surface area contributed by atoms with Crippen molar-refractivity contribution in [3.8, 4) is 0 Å². The zero-order valence-corrected chi connectivity index (χ0v) is 19.9. The first-order valence-corrected chi connectivity index (χ1v) is 12.0. The van der Waals surface area contributed by atoms with E-state index in [1.165, 1.54) is 47.0 Å². The normalized spacial score (nSPS) is 34.9. The molecule has 0 bridgehead atoms. The predicted molar refractivity (Wildman–Crippen MR) is 113 cm³/mol. The van der Waals surface area contributed by atoms with Gasteiger partial charge < -0.3 is 69.5 Å². The standard InChI is InChI=1S/2C6H8O2S4.Ni/c2*9-5-6(10)12-4-3(11-5)7-1-2-8-4;/h2*3-4,9-10H,1-2H2;/p-4. The molecule has 4 aliphatic rings. The average molecular weight is 535 g/mol. The second-order valence-corrected chi connectivity index (χ2v) is 11.7. The van der Waals surface area contributed by atoms with Crippen molar-refractivity contribution in [2.24, 2.45) is 0 Å². The summed E-state index contributed by atoms with van der Waals surface area (Å²) in [5.41, 5.74) is 0.178. The van der Waals surface area contributed by atoms with Crippen LogP contribution in [0.2, 0.25) is 0 Å². The van der Waals surface area contributed by atoms with Gasteiger partial charge in [-0.05, 0) is 0 Å². The van der Waals surface area contributed by atoms with Gasteiger partial charge in [-0.2, -0.15) is 16.9 Å². The number of ether oxygens (including phenoxy) is 4. The van der Waals surface area contributed by atoms with Gasteiger partial charge in [0.05, 0.1) is 26.4 Å². The molecule has 4 aliphatic heterocycles. The van der Waals surface area contributed by atoms with Gasteiger partial charge in [-0.25, -0.2) is 0 Å². The molecule has 0 aromatic carbocycles. The molecular formula is C12H12NiO4S8-4. The zero-order chi connectivity index (χ0) is 17.1. The first-order valence-electron chi connectivity index (χ1n) is 6.84. The molecule has 4 atom stereocenters. The molecule has 0 aromatic rings. The van der Waals surface area contributed by atoms with Crippen LogP contribution in [-0.2, 0) is 86.0 Å². The summed E-state index contributed by atoms with van der Waals surface area (Å²) in [4.78, 5) is 0. The Balaban J connectivity index is 0.000000173. The molecule has 2 fully saturated rings. The topological polar surface area (TPSA) is 36.9 Å². The van der Waals surface area contributed by atoms with Crippen LogP contribution < -0.4 is 0 Å². The van der Waals surface area contributed by atoms with Crippen LogP contribution in [0.5, 0.6) is 0 Å². The van der Waals surface area contributed by atoms with Crippen molar-refractivity contribution in [2.75, 3.05) is 26.4 Å². The fraction of sp³-hybridized carbons (Fsp3) is 0.667. The molecule has 0 N–H and O–H groups in total. The van der Waals surface area contributed by atoms with Crippen LogP contribution >= 0.6 is 47.0 Å². The summed E-state index contributed by atoms with van der Waals surface area (Å²) in [5.74, 6) is 0. The first kappa shape index (κ1) is 23.4. The summed E-state index contributed by atoms with van der Waals surface area (Å²) in [6.07, 6.45) is 0. The number of thioether (sulfide) groups is 4. The van der Waals surface area contributed by atoms with Crippen molar-refractivity contribution in [1.29, 1.82) is 0 Å². The molecule has 4 rings (SSSR count). The largest absolute Gasteiger partial charge is 0.774 e. The van der Waals surface area contributed by atoms with E-state index < -0.39 is 0 Å². The van der Waals surface area contributed by atoms with Crippen LogP contribution in [0, 0.1) is 0 Å². The van der Waals surface area contributed by atoms with E-state index in [0.29, 0.717) is 26.4 Å². The van der Waals surface area contributed by atoms with Gasteiger partial charge in [-0.1, -0.05) is 0 Å². The Morgan fingerprint density at radius 1 is 0.520 bits per heavy atom. The SMILES string of the molecule is [Ni].[S-]C1=C([S-])SC2OCCOC2S1.[S-]C1=C([S-])SC2OCCOC2S1. The maximum absolute atomic E-state index is 5.47. The van der Waals surface area contributed by atoms with Gasteiger partial charge in [0.2, 0.25) is 0 Å². The monoisotopic (exact) mass is 534 g/mol. The van der Waals surface area contributed by atoms with Crippen molar-refractivity contribution in [3.05, 3.63) is 16.9 Å². The summed E-state index contributed by atoms with van der Waals surface area (Å²) in [6.45, 7) is 2.63. The Labute approximate surface area is 196 Å². The van der Waals surface area contributed by atoms with E-state index in [0.717, 1.165) is 16.9 Å². The first-order chi connectivity index (χ1) is 11.5. The molecule has 0 spiro atoms. The molecule has 0 aliphatic carbocycles. The third-order valence-corrected chi connectivity index (χ3v) is 10.5. The van der Waals surface area contributed by atoms with E-state index in [4.69, 9.17) is 69.5 Å². The summed E-state index contributed by atoms with van der Waals surface area (Å²) >= 11 is 26.3. The number of rotatable bonds is 0.